The summed E-state index contributed by atoms with van der Waals surface area (Å²) in [5, 5.41) is 0. The van der Waals surface area contributed by atoms with Gasteiger partial charge < -0.3 is 0 Å². The van der Waals surface area contributed by atoms with E-state index in [-0.39, 0.29) is 0 Å². The standard InChI is InChI=1S/C2H4NOS/c1-4-3-2-5/h1H3,(H,3,5). The van der Waals surface area contributed by atoms with Crippen LogP contribution in [0.3, 0.4) is 0 Å². The zero-order valence-electron chi connectivity index (χ0n) is 2.82. The van der Waals surface area contributed by atoms with Crippen LogP contribution in [0.15, 0.2) is 0 Å². The van der Waals surface area contributed by atoms with Crippen LogP contribution in [0, 0.1) is 0 Å². The zero-order valence-corrected chi connectivity index (χ0v) is 3.63. The first-order chi connectivity index (χ1) is 2.41. The largest absolute Gasteiger partial charge is 0.279 e. The van der Waals surface area contributed by atoms with E-state index < -0.39 is 0 Å². The third-order valence-corrected chi connectivity index (χ3v) is 0.227. The highest BCUT2D eigenvalue weighted by Crippen LogP contribution is 1.42. The van der Waals surface area contributed by atoms with E-state index in [1.807, 2.05) is 0 Å². The Kier molecular flexibility index (Phi) is 3.73. The average molecular weight is 90.1 g/mol. The van der Waals surface area contributed by atoms with Gasteiger partial charge in [0.1, 0.15) is 0 Å². The van der Waals surface area contributed by atoms with E-state index >= 15 is 0 Å². The Morgan fingerprint density at radius 3 is 2.60 bits per heavy atom. The molecule has 2 nitrogen and oxygen atoms in total. The molecule has 0 atom stereocenters. The summed E-state index contributed by atoms with van der Waals surface area (Å²) < 4.78 is 0. The van der Waals surface area contributed by atoms with Crippen molar-refractivity contribution in [2.45, 2.75) is 0 Å². The van der Waals surface area contributed by atoms with Crippen molar-refractivity contribution in [1.29, 1.82) is 0 Å². The van der Waals surface area contributed by atoms with E-state index in [4.69, 9.17) is 0 Å². The number of rotatable bonds is 2. The molecule has 0 aliphatic rings. The maximum atomic E-state index is 4.23. The quantitative estimate of drug-likeness (QED) is 0.292. The van der Waals surface area contributed by atoms with Gasteiger partial charge in [-0.25, -0.2) is 0 Å². The highest BCUT2D eigenvalue weighted by molar-refractivity contribution is 7.78. The molecule has 1 N–H and O–H groups in total. The first kappa shape index (κ1) is 4.85. The fourth-order valence-corrected chi connectivity index (χ4v) is 0.125. The molecule has 5 heavy (non-hydrogen) atoms. The van der Waals surface area contributed by atoms with E-state index in [1.54, 1.807) is 0 Å². The van der Waals surface area contributed by atoms with Crippen molar-refractivity contribution < 1.29 is 4.84 Å². The van der Waals surface area contributed by atoms with Gasteiger partial charge >= 0.3 is 0 Å². The zero-order chi connectivity index (χ0) is 4.12. The lowest BCUT2D eigenvalue weighted by Crippen LogP contribution is -2.04. The van der Waals surface area contributed by atoms with Crippen LogP contribution in [0.2, 0.25) is 0 Å². The second kappa shape index (κ2) is 3.85. The van der Waals surface area contributed by atoms with Crippen molar-refractivity contribution >= 4 is 17.7 Å². The molecule has 0 heterocycles. The van der Waals surface area contributed by atoms with Gasteiger partial charge in [0.05, 0.1) is 7.11 Å². The summed E-state index contributed by atoms with van der Waals surface area (Å²) in [4.78, 5) is 4.23. The van der Waals surface area contributed by atoms with Crippen molar-refractivity contribution in [2.24, 2.45) is 0 Å². The lowest BCUT2D eigenvalue weighted by molar-refractivity contribution is 0.150. The molecule has 0 bridgehead atoms. The Labute approximate surface area is 36.1 Å². The average Bonchev–Trinajstić information content (AvgIpc) is 1.41. The molecular weight excluding hydrogens is 86.1 g/mol. The summed E-state index contributed by atoms with van der Waals surface area (Å²) in [6.07, 6.45) is 0. The van der Waals surface area contributed by atoms with Crippen molar-refractivity contribution in [1.82, 2.24) is 5.48 Å². The van der Waals surface area contributed by atoms with Crippen LogP contribution in [0.25, 0.3) is 0 Å². The molecule has 0 rings (SSSR count). The van der Waals surface area contributed by atoms with E-state index in [0.717, 1.165) is 0 Å². The minimum atomic E-state index is 1.47. The second-order valence-corrected chi connectivity index (χ2v) is 0.612. The SMILES string of the molecule is CON[C]=S. The summed E-state index contributed by atoms with van der Waals surface area (Å²) in [7, 11) is 1.47. The lowest BCUT2D eigenvalue weighted by Gasteiger charge is -1.82. The van der Waals surface area contributed by atoms with Crippen LogP contribution in [0.5, 0.6) is 0 Å². The Morgan fingerprint density at radius 1 is 2.00 bits per heavy atom. The smallest absolute Gasteiger partial charge is 0.160 e. The third kappa shape index (κ3) is 3.85. The maximum Gasteiger partial charge on any atom is 0.160 e. The van der Waals surface area contributed by atoms with E-state index in [9.17, 15) is 0 Å². The van der Waals surface area contributed by atoms with E-state index in [2.05, 4.69) is 28.0 Å². The molecule has 0 saturated carbocycles. The second-order valence-electron chi connectivity index (χ2n) is 0.408. The molecule has 29 valence electrons. The van der Waals surface area contributed by atoms with Crippen molar-refractivity contribution in [3.8, 4) is 0 Å². The highest BCUT2D eigenvalue weighted by Gasteiger charge is 1.55. The Morgan fingerprint density at radius 2 is 2.60 bits per heavy atom. The van der Waals surface area contributed by atoms with Crippen LogP contribution in [0.1, 0.15) is 0 Å². The van der Waals surface area contributed by atoms with Crippen LogP contribution < -0.4 is 5.48 Å². The predicted molar refractivity (Wildman–Crippen MR) is 22.7 cm³/mol. The number of hydroxylamine groups is 1. The molecule has 0 aromatic carbocycles. The fraction of sp³-hybridized carbons (Fsp3) is 0.500. The molecule has 3 heteroatoms. The number of hydrogen-bond acceptors (Lipinski definition) is 2. The molecule has 0 fully saturated rings. The van der Waals surface area contributed by atoms with Gasteiger partial charge in [0.15, 0.2) is 5.49 Å². The fourth-order valence-electron chi connectivity index (χ4n) is 0.0417. The molecule has 1 radical (unpaired) electrons. The van der Waals surface area contributed by atoms with Gasteiger partial charge in [-0.05, 0) is 0 Å². The van der Waals surface area contributed by atoms with Gasteiger partial charge in [0.2, 0.25) is 0 Å². The predicted octanol–water partition coefficient (Wildman–Crippen LogP) is -0.0284. The van der Waals surface area contributed by atoms with Crippen LogP contribution in [-0.2, 0) is 4.84 Å². The van der Waals surface area contributed by atoms with Crippen LogP contribution in [0.4, 0.5) is 0 Å². The van der Waals surface area contributed by atoms with Crippen molar-refractivity contribution in [3.63, 3.8) is 0 Å². The Hall–Kier alpha value is -0.150. The van der Waals surface area contributed by atoms with Crippen LogP contribution >= 0.6 is 12.2 Å². The van der Waals surface area contributed by atoms with Crippen molar-refractivity contribution in [2.75, 3.05) is 7.11 Å². The summed E-state index contributed by atoms with van der Waals surface area (Å²) in [5.74, 6) is 0. The first-order valence-corrected chi connectivity index (χ1v) is 1.47. The van der Waals surface area contributed by atoms with Gasteiger partial charge in [-0.3, -0.25) is 10.3 Å². The minimum Gasteiger partial charge on any atom is -0.279 e. The number of thiocarbonyl (C=S) groups is 1. The normalized spacial score (nSPS) is 6.60. The van der Waals surface area contributed by atoms with Crippen molar-refractivity contribution in [3.05, 3.63) is 0 Å². The Balaban J connectivity index is 2.40. The monoisotopic (exact) mass is 90.0 g/mol. The van der Waals surface area contributed by atoms with E-state index in [1.165, 1.54) is 7.11 Å². The number of nitrogens with one attached hydrogen (secondary N) is 1. The summed E-state index contributed by atoms with van der Waals surface area (Å²) >= 11 is 4.17. The molecule has 0 aromatic heterocycles. The van der Waals surface area contributed by atoms with E-state index in [0.29, 0.717) is 0 Å². The van der Waals surface area contributed by atoms with Gasteiger partial charge in [0.25, 0.3) is 0 Å². The lowest BCUT2D eigenvalue weighted by atomic mass is 11.5. The molecule has 0 aliphatic carbocycles. The number of hydrogen-bond donors (Lipinski definition) is 1. The van der Waals surface area contributed by atoms with Gasteiger partial charge in [0, 0.05) is 0 Å². The van der Waals surface area contributed by atoms with Gasteiger partial charge in [-0.15, -0.1) is 0 Å². The Bertz CT molecular complexity index is 30.8. The molecular formula is C2H4NOS. The summed E-state index contributed by atoms with van der Waals surface area (Å²) in [6, 6.07) is 0. The summed E-state index contributed by atoms with van der Waals surface area (Å²) in [5.41, 5.74) is 4.30. The van der Waals surface area contributed by atoms with Crippen LogP contribution in [-0.4, -0.2) is 12.6 Å². The molecule has 0 unspecified atom stereocenters. The van der Waals surface area contributed by atoms with Gasteiger partial charge in [-0.2, -0.15) is 0 Å². The molecule has 0 saturated heterocycles. The molecule has 0 amide bonds. The molecule has 0 aromatic rings. The third-order valence-electron chi connectivity index (χ3n) is 0.144. The minimum absolute atomic E-state index is 1.47. The van der Waals surface area contributed by atoms with Gasteiger partial charge in [-0.1, -0.05) is 12.2 Å². The first-order valence-electron chi connectivity index (χ1n) is 1.07. The topological polar surface area (TPSA) is 21.3 Å². The molecule has 0 aliphatic heterocycles. The maximum absolute atomic E-state index is 4.23. The summed E-state index contributed by atoms with van der Waals surface area (Å²) in [6.45, 7) is 0. The highest BCUT2D eigenvalue weighted by atomic mass is 32.1. The molecule has 0 spiro atoms.